The number of benzene rings is 2. The number of hydrogen-bond acceptors (Lipinski definition) is 4. The molecule has 3 rings (SSSR count). The van der Waals surface area contributed by atoms with Crippen molar-refractivity contribution in [2.45, 2.75) is 33.7 Å². The van der Waals surface area contributed by atoms with Crippen LogP contribution < -0.4 is 4.90 Å². The summed E-state index contributed by atoms with van der Waals surface area (Å²) in [6, 6.07) is 16.0. The van der Waals surface area contributed by atoms with Gasteiger partial charge in [0.1, 0.15) is 6.54 Å². The molecule has 0 spiro atoms. The van der Waals surface area contributed by atoms with E-state index in [-0.39, 0.29) is 24.1 Å². The van der Waals surface area contributed by atoms with Gasteiger partial charge in [-0.25, -0.2) is 0 Å². The van der Waals surface area contributed by atoms with E-state index in [9.17, 15) is 9.59 Å². The molecule has 1 aliphatic heterocycles. The first-order chi connectivity index (χ1) is 14.0. The van der Waals surface area contributed by atoms with Gasteiger partial charge in [-0.2, -0.15) is 0 Å². The lowest BCUT2D eigenvalue weighted by atomic mass is 10.1. The van der Waals surface area contributed by atoms with E-state index in [0.717, 1.165) is 23.2 Å². The molecule has 0 saturated carbocycles. The Bertz CT molecular complexity index is 891. The molecule has 6 heteroatoms. The molecule has 1 aliphatic rings. The van der Waals surface area contributed by atoms with Gasteiger partial charge in [-0.05, 0) is 38.0 Å². The minimum Gasteiger partial charge on any atom is -0.338 e. The zero-order chi connectivity index (χ0) is 20.8. The van der Waals surface area contributed by atoms with E-state index in [1.807, 2.05) is 36.1 Å². The first kappa shape index (κ1) is 21.1. The van der Waals surface area contributed by atoms with E-state index in [4.69, 9.17) is 0 Å². The minimum atomic E-state index is -0.0612. The Balaban J connectivity index is 1.64. The molecule has 0 N–H and O–H groups in total. The Morgan fingerprint density at radius 1 is 1.07 bits per heavy atom. The number of hydrogen-bond donors (Lipinski definition) is 0. The number of aryl methyl sites for hydroxylation is 2. The molecule has 1 heterocycles. The van der Waals surface area contributed by atoms with E-state index in [0.29, 0.717) is 18.3 Å². The number of thioether (sulfide) groups is 1. The SMILES string of the molecule is CCCN(Cc1ccc(C)cc1)C(=O)CSC1=NCC(=O)N1c1ccc(C)cc1. The van der Waals surface area contributed by atoms with Crippen molar-refractivity contribution >= 4 is 34.4 Å². The van der Waals surface area contributed by atoms with Crippen molar-refractivity contribution < 1.29 is 9.59 Å². The third-order valence-electron chi connectivity index (χ3n) is 4.75. The highest BCUT2D eigenvalue weighted by Crippen LogP contribution is 2.24. The van der Waals surface area contributed by atoms with Gasteiger partial charge in [0, 0.05) is 13.1 Å². The molecule has 0 fully saturated rings. The topological polar surface area (TPSA) is 53.0 Å². The van der Waals surface area contributed by atoms with Crippen molar-refractivity contribution in [1.29, 1.82) is 0 Å². The van der Waals surface area contributed by atoms with E-state index in [2.05, 4.69) is 43.1 Å². The number of carbonyl (C=O) groups excluding carboxylic acids is 2. The van der Waals surface area contributed by atoms with E-state index in [1.165, 1.54) is 17.3 Å². The molecule has 0 aliphatic carbocycles. The Morgan fingerprint density at radius 3 is 2.31 bits per heavy atom. The van der Waals surface area contributed by atoms with Gasteiger partial charge >= 0.3 is 0 Å². The van der Waals surface area contributed by atoms with Crippen LogP contribution in [-0.2, 0) is 16.1 Å². The number of amidine groups is 1. The van der Waals surface area contributed by atoms with Crippen LogP contribution in [-0.4, -0.2) is 40.7 Å². The van der Waals surface area contributed by atoms with Crippen LogP contribution in [0.5, 0.6) is 0 Å². The van der Waals surface area contributed by atoms with Crippen LogP contribution in [0.25, 0.3) is 0 Å². The molecule has 0 saturated heterocycles. The molecule has 2 amide bonds. The summed E-state index contributed by atoms with van der Waals surface area (Å²) in [5.41, 5.74) is 4.25. The van der Waals surface area contributed by atoms with Gasteiger partial charge in [-0.1, -0.05) is 66.2 Å². The smallest absolute Gasteiger partial charge is 0.254 e. The minimum absolute atomic E-state index is 0.0586. The maximum atomic E-state index is 12.9. The van der Waals surface area contributed by atoms with Crippen molar-refractivity contribution in [3.63, 3.8) is 0 Å². The van der Waals surface area contributed by atoms with Crippen LogP contribution in [0.3, 0.4) is 0 Å². The highest BCUT2D eigenvalue weighted by atomic mass is 32.2. The Labute approximate surface area is 176 Å². The maximum absolute atomic E-state index is 12.9. The number of anilines is 1. The summed E-state index contributed by atoms with van der Waals surface area (Å²) >= 11 is 1.33. The number of carbonyl (C=O) groups is 2. The Hall–Kier alpha value is -2.60. The largest absolute Gasteiger partial charge is 0.338 e. The zero-order valence-electron chi connectivity index (χ0n) is 17.2. The molecular formula is C23H27N3O2S. The van der Waals surface area contributed by atoms with Gasteiger partial charge in [0.05, 0.1) is 11.4 Å². The van der Waals surface area contributed by atoms with Crippen molar-refractivity contribution in [3.05, 3.63) is 65.2 Å². The number of rotatable bonds is 7. The predicted molar refractivity (Wildman–Crippen MR) is 120 cm³/mol. The molecule has 0 radical (unpaired) electrons. The predicted octanol–water partition coefficient (Wildman–Crippen LogP) is 4.18. The summed E-state index contributed by atoms with van der Waals surface area (Å²) in [6.07, 6.45) is 0.900. The standard InChI is InChI=1S/C23H27N3O2S/c1-4-13-25(15-19-9-5-17(2)6-10-19)22(28)16-29-23-24-14-21(27)26(23)20-11-7-18(3)8-12-20/h5-12H,4,13-16H2,1-3H3. The van der Waals surface area contributed by atoms with Gasteiger partial charge in [0.2, 0.25) is 5.91 Å². The average Bonchev–Trinajstić information content (AvgIpc) is 3.08. The second kappa shape index (κ2) is 9.74. The number of nitrogens with zero attached hydrogens (tertiary/aromatic N) is 3. The normalized spacial score (nSPS) is 13.6. The molecule has 0 unspecified atom stereocenters. The lowest BCUT2D eigenvalue weighted by Crippen LogP contribution is -2.35. The van der Waals surface area contributed by atoms with Crippen molar-refractivity contribution in [3.8, 4) is 0 Å². The van der Waals surface area contributed by atoms with E-state index >= 15 is 0 Å². The number of aliphatic imine (C=N–C) groups is 1. The molecular weight excluding hydrogens is 382 g/mol. The second-order valence-electron chi connectivity index (χ2n) is 7.25. The van der Waals surface area contributed by atoms with Gasteiger partial charge < -0.3 is 4.90 Å². The van der Waals surface area contributed by atoms with Crippen molar-refractivity contribution in [1.82, 2.24) is 4.90 Å². The first-order valence-electron chi connectivity index (χ1n) is 9.88. The van der Waals surface area contributed by atoms with Crippen LogP contribution in [0.4, 0.5) is 5.69 Å². The lowest BCUT2D eigenvalue weighted by molar-refractivity contribution is -0.129. The van der Waals surface area contributed by atoms with Gasteiger partial charge in [0.15, 0.2) is 5.17 Å². The molecule has 2 aromatic carbocycles. The molecule has 0 bridgehead atoms. The van der Waals surface area contributed by atoms with Gasteiger partial charge in [0.25, 0.3) is 5.91 Å². The summed E-state index contributed by atoms with van der Waals surface area (Å²) < 4.78 is 0. The summed E-state index contributed by atoms with van der Waals surface area (Å²) in [5, 5.41) is 0.596. The van der Waals surface area contributed by atoms with E-state index < -0.39 is 0 Å². The average molecular weight is 410 g/mol. The summed E-state index contributed by atoms with van der Waals surface area (Å²) in [4.78, 5) is 33.0. The van der Waals surface area contributed by atoms with Gasteiger partial charge in [-0.15, -0.1) is 0 Å². The molecule has 5 nitrogen and oxygen atoms in total. The third kappa shape index (κ3) is 5.48. The third-order valence-corrected chi connectivity index (χ3v) is 5.71. The summed E-state index contributed by atoms with van der Waals surface area (Å²) in [5.74, 6) is 0.262. The van der Waals surface area contributed by atoms with E-state index in [1.54, 1.807) is 4.90 Å². The zero-order valence-corrected chi connectivity index (χ0v) is 18.0. The van der Waals surface area contributed by atoms with Crippen LogP contribution >= 0.6 is 11.8 Å². The van der Waals surface area contributed by atoms with Crippen LogP contribution in [0.15, 0.2) is 53.5 Å². The van der Waals surface area contributed by atoms with Crippen molar-refractivity contribution in [2.24, 2.45) is 4.99 Å². The molecule has 152 valence electrons. The number of amides is 2. The molecule has 29 heavy (non-hydrogen) atoms. The highest BCUT2D eigenvalue weighted by Gasteiger charge is 2.28. The highest BCUT2D eigenvalue weighted by molar-refractivity contribution is 8.14. The lowest BCUT2D eigenvalue weighted by Gasteiger charge is -2.23. The van der Waals surface area contributed by atoms with Crippen molar-refractivity contribution in [2.75, 3.05) is 23.7 Å². The second-order valence-corrected chi connectivity index (χ2v) is 8.20. The monoisotopic (exact) mass is 409 g/mol. The quantitative estimate of drug-likeness (QED) is 0.689. The fourth-order valence-corrected chi connectivity index (χ4v) is 4.06. The molecule has 0 aromatic heterocycles. The summed E-state index contributed by atoms with van der Waals surface area (Å²) in [7, 11) is 0. The Kier molecular flexibility index (Phi) is 7.09. The molecule has 2 aromatic rings. The van der Waals surface area contributed by atoms with Crippen LogP contribution in [0.2, 0.25) is 0 Å². The Morgan fingerprint density at radius 2 is 1.69 bits per heavy atom. The van der Waals surface area contributed by atoms with Crippen LogP contribution in [0, 0.1) is 13.8 Å². The first-order valence-corrected chi connectivity index (χ1v) is 10.9. The fourth-order valence-electron chi connectivity index (χ4n) is 3.14. The molecule has 0 atom stereocenters. The fraction of sp³-hybridized carbons (Fsp3) is 0.348. The maximum Gasteiger partial charge on any atom is 0.254 e. The van der Waals surface area contributed by atoms with Crippen LogP contribution in [0.1, 0.15) is 30.0 Å². The van der Waals surface area contributed by atoms with Gasteiger partial charge in [-0.3, -0.25) is 19.5 Å². The summed E-state index contributed by atoms with van der Waals surface area (Å²) in [6.45, 7) is 7.57.